The van der Waals surface area contributed by atoms with Crippen LogP contribution in [0.3, 0.4) is 0 Å². The molecule has 0 aromatic rings. The minimum Gasteiger partial charge on any atom is -0.392 e. The maximum Gasteiger partial charge on any atom is 0.162 e. The minimum atomic E-state index is -0.537. The Balaban J connectivity index is 3.44. The lowest BCUT2D eigenvalue weighted by molar-refractivity contribution is -0.0447. The number of nitrogens with zero attached hydrogens (tertiary/aromatic N) is 1. The van der Waals surface area contributed by atoms with Crippen molar-refractivity contribution in [3.8, 4) is 0 Å². The molecule has 1 fully saturated rings. The lowest BCUT2D eigenvalue weighted by atomic mass is 9.65. The summed E-state index contributed by atoms with van der Waals surface area (Å²) in [6.45, 7) is 24.2. The zero-order chi connectivity index (χ0) is 24.7. The van der Waals surface area contributed by atoms with Crippen molar-refractivity contribution < 1.29 is 14.7 Å². The SMILES string of the molecule is C=C1C[C@H](CC)C(C)(C)C(O)C(C)/C(=N/OCSC)CC[C@@](C)(OC)[C@H](C)CC(=C)C1C. The molecule has 5 heteroatoms. The van der Waals surface area contributed by atoms with Crippen molar-refractivity contribution in [2.24, 2.45) is 34.2 Å². The van der Waals surface area contributed by atoms with Crippen LogP contribution in [0.2, 0.25) is 0 Å². The highest BCUT2D eigenvalue weighted by molar-refractivity contribution is 7.98. The number of hydrogen-bond donors (Lipinski definition) is 1. The molecule has 186 valence electrons. The molecule has 0 amide bonds. The molecular weight excluding hydrogens is 418 g/mol. The van der Waals surface area contributed by atoms with Crippen LogP contribution in [-0.2, 0) is 9.57 Å². The molecule has 1 aliphatic carbocycles. The van der Waals surface area contributed by atoms with Gasteiger partial charge in [-0.3, -0.25) is 0 Å². The minimum absolute atomic E-state index is 0.110. The Morgan fingerprint density at radius 1 is 1.12 bits per heavy atom. The molecule has 6 atom stereocenters. The van der Waals surface area contributed by atoms with Gasteiger partial charge in [-0.1, -0.05) is 77.4 Å². The summed E-state index contributed by atoms with van der Waals surface area (Å²) in [4.78, 5) is 5.58. The van der Waals surface area contributed by atoms with Crippen LogP contribution in [0.25, 0.3) is 0 Å². The molecule has 0 heterocycles. The Kier molecular flexibility index (Phi) is 11.5. The van der Waals surface area contributed by atoms with E-state index >= 15 is 0 Å². The first-order valence-corrected chi connectivity index (χ1v) is 13.5. The predicted molar refractivity (Wildman–Crippen MR) is 140 cm³/mol. The van der Waals surface area contributed by atoms with Crippen molar-refractivity contribution in [3.63, 3.8) is 0 Å². The monoisotopic (exact) mass is 467 g/mol. The second kappa shape index (κ2) is 12.6. The highest BCUT2D eigenvalue weighted by Crippen LogP contribution is 2.43. The molecular formula is C27H49NO3S. The van der Waals surface area contributed by atoms with Gasteiger partial charge in [0.15, 0.2) is 5.94 Å². The van der Waals surface area contributed by atoms with Crippen molar-refractivity contribution in [1.29, 1.82) is 0 Å². The fourth-order valence-electron chi connectivity index (χ4n) is 5.01. The summed E-state index contributed by atoms with van der Waals surface area (Å²) < 4.78 is 6.05. The van der Waals surface area contributed by atoms with E-state index < -0.39 is 6.10 Å². The summed E-state index contributed by atoms with van der Waals surface area (Å²) >= 11 is 1.59. The summed E-state index contributed by atoms with van der Waals surface area (Å²) in [7, 11) is 1.79. The van der Waals surface area contributed by atoms with Crippen LogP contribution >= 0.6 is 11.8 Å². The van der Waals surface area contributed by atoms with Crippen molar-refractivity contribution in [2.45, 2.75) is 92.3 Å². The van der Waals surface area contributed by atoms with E-state index in [0.717, 1.165) is 37.8 Å². The van der Waals surface area contributed by atoms with Crippen LogP contribution in [0.1, 0.15) is 80.6 Å². The normalized spacial score (nSPS) is 36.7. The van der Waals surface area contributed by atoms with Crippen LogP contribution in [0, 0.1) is 29.1 Å². The summed E-state index contributed by atoms with van der Waals surface area (Å²) in [5.41, 5.74) is 2.71. The largest absolute Gasteiger partial charge is 0.392 e. The van der Waals surface area contributed by atoms with Gasteiger partial charge in [-0.2, -0.15) is 0 Å². The van der Waals surface area contributed by atoms with Gasteiger partial charge >= 0.3 is 0 Å². The van der Waals surface area contributed by atoms with Crippen LogP contribution in [0.5, 0.6) is 0 Å². The molecule has 0 aromatic heterocycles. The summed E-state index contributed by atoms with van der Waals surface area (Å²) in [5, 5.41) is 16.1. The van der Waals surface area contributed by atoms with Crippen molar-refractivity contribution in [2.75, 3.05) is 19.3 Å². The Labute approximate surface area is 202 Å². The summed E-state index contributed by atoms with van der Waals surface area (Å²) in [5.74, 6) is 1.26. The van der Waals surface area contributed by atoms with Crippen molar-refractivity contribution >= 4 is 17.5 Å². The number of hydrogen-bond acceptors (Lipinski definition) is 5. The highest BCUT2D eigenvalue weighted by Gasteiger charge is 2.41. The third-order valence-electron chi connectivity index (χ3n) is 8.35. The number of allylic oxidation sites excluding steroid dienone is 2. The average Bonchev–Trinajstić information content (AvgIpc) is 2.76. The van der Waals surface area contributed by atoms with Crippen molar-refractivity contribution in [1.82, 2.24) is 0 Å². The summed E-state index contributed by atoms with van der Waals surface area (Å²) in [6.07, 6.45) is 5.77. The van der Waals surface area contributed by atoms with Gasteiger partial charge in [0.25, 0.3) is 0 Å². The van der Waals surface area contributed by atoms with E-state index in [1.807, 2.05) is 6.26 Å². The molecule has 0 spiro atoms. The van der Waals surface area contributed by atoms with Crippen LogP contribution in [-0.4, -0.2) is 41.8 Å². The van der Waals surface area contributed by atoms with E-state index in [1.54, 1.807) is 18.9 Å². The van der Waals surface area contributed by atoms with Gasteiger partial charge in [-0.15, -0.1) is 11.8 Å². The van der Waals surface area contributed by atoms with E-state index in [2.05, 4.69) is 66.8 Å². The molecule has 0 aliphatic heterocycles. The smallest absolute Gasteiger partial charge is 0.162 e. The molecule has 1 aliphatic rings. The first-order chi connectivity index (χ1) is 14.8. The zero-order valence-electron chi connectivity index (χ0n) is 22.2. The molecule has 4 nitrogen and oxygen atoms in total. The third-order valence-corrected chi connectivity index (χ3v) is 8.69. The lowest BCUT2D eigenvalue weighted by Gasteiger charge is -2.43. The van der Waals surface area contributed by atoms with Gasteiger partial charge < -0.3 is 14.7 Å². The second-order valence-electron chi connectivity index (χ2n) is 10.6. The molecule has 1 rings (SSSR count). The zero-order valence-corrected chi connectivity index (χ0v) is 23.0. The van der Waals surface area contributed by atoms with Crippen molar-refractivity contribution in [3.05, 3.63) is 24.3 Å². The maximum absolute atomic E-state index is 11.6. The molecule has 0 bridgehead atoms. The molecule has 1 N–H and O–H groups in total. The number of aliphatic hydroxyl groups is 1. The van der Waals surface area contributed by atoms with Gasteiger partial charge in [-0.05, 0) is 62.0 Å². The lowest BCUT2D eigenvalue weighted by Crippen LogP contribution is -2.44. The fourth-order valence-corrected chi connectivity index (χ4v) is 5.17. The number of ether oxygens (including phenoxy) is 1. The van der Waals surface area contributed by atoms with E-state index in [9.17, 15) is 5.11 Å². The molecule has 0 radical (unpaired) electrons. The van der Waals surface area contributed by atoms with Crippen LogP contribution < -0.4 is 0 Å². The maximum atomic E-state index is 11.6. The van der Waals surface area contributed by atoms with Gasteiger partial charge in [0.2, 0.25) is 0 Å². The third kappa shape index (κ3) is 7.11. The molecule has 32 heavy (non-hydrogen) atoms. The van der Waals surface area contributed by atoms with Gasteiger partial charge in [0.05, 0.1) is 17.4 Å². The van der Waals surface area contributed by atoms with Gasteiger partial charge in [-0.25, -0.2) is 0 Å². The number of methoxy groups -OCH3 is 1. The predicted octanol–water partition coefficient (Wildman–Crippen LogP) is 7.09. The Morgan fingerprint density at radius 3 is 2.25 bits per heavy atom. The fraction of sp³-hybridized carbons (Fsp3) is 0.815. The van der Waals surface area contributed by atoms with Gasteiger partial charge in [0, 0.05) is 13.0 Å². The number of rotatable bonds is 5. The molecule has 3 unspecified atom stereocenters. The van der Waals surface area contributed by atoms with Crippen LogP contribution in [0.4, 0.5) is 0 Å². The molecule has 1 saturated carbocycles. The van der Waals surface area contributed by atoms with E-state index in [4.69, 9.17) is 9.57 Å². The van der Waals surface area contributed by atoms with E-state index in [1.165, 1.54) is 11.1 Å². The van der Waals surface area contributed by atoms with E-state index in [0.29, 0.717) is 17.8 Å². The van der Waals surface area contributed by atoms with Gasteiger partial charge in [0.1, 0.15) is 0 Å². The number of oxime groups is 1. The van der Waals surface area contributed by atoms with Crippen LogP contribution in [0.15, 0.2) is 29.5 Å². The second-order valence-corrected chi connectivity index (χ2v) is 11.5. The first kappa shape index (κ1) is 29.3. The first-order valence-electron chi connectivity index (χ1n) is 12.1. The number of thioether (sulfide) groups is 1. The average molecular weight is 468 g/mol. The highest BCUT2D eigenvalue weighted by atomic mass is 32.2. The molecule has 0 aromatic carbocycles. The Bertz CT molecular complexity index is 659. The Hall–Kier alpha value is -0.780. The summed E-state index contributed by atoms with van der Waals surface area (Å²) in [6, 6.07) is 0. The quantitative estimate of drug-likeness (QED) is 0.203. The topological polar surface area (TPSA) is 51.1 Å². The molecule has 0 saturated heterocycles. The van der Waals surface area contributed by atoms with E-state index in [-0.39, 0.29) is 22.9 Å². The Morgan fingerprint density at radius 2 is 1.72 bits per heavy atom. The standard InChI is InChI=1S/C27H49NO3S/c1-12-23-16-19(3)21(5)18(2)15-20(4)27(9,30-10)14-13-24(28-31-17-32-11)22(6)25(29)26(23,7)8/h20-23,25,29H,2-3,12-17H2,1,4-11H3/b28-24+/t20-,21?,22?,23+,25?,27-/m1/s1. The number of aliphatic hydroxyl groups excluding tert-OH is 1.